The first-order chi connectivity index (χ1) is 9.11. The number of hydrogen-bond acceptors (Lipinski definition) is 3. The fourth-order valence-corrected chi connectivity index (χ4v) is 1.38. The molecule has 0 aromatic rings. The number of alkyl halides is 6. The second-order valence-electron chi connectivity index (χ2n) is 5.50. The fourth-order valence-electron chi connectivity index (χ4n) is 1.38. The van der Waals surface area contributed by atoms with Crippen molar-refractivity contribution in [2.75, 3.05) is 6.61 Å². The van der Waals surface area contributed by atoms with Crippen molar-refractivity contribution in [2.45, 2.75) is 52.1 Å². The van der Waals surface area contributed by atoms with Crippen molar-refractivity contribution in [1.82, 2.24) is 0 Å². The van der Waals surface area contributed by atoms with Gasteiger partial charge in [-0.15, -0.1) is 0 Å². The van der Waals surface area contributed by atoms with Gasteiger partial charge in [-0.2, -0.15) is 26.3 Å². The molecule has 9 heteroatoms. The number of halogens is 6. The maximum Gasteiger partial charge on any atom is 0.426 e. The highest BCUT2D eigenvalue weighted by molar-refractivity contribution is 5.75. The van der Waals surface area contributed by atoms with Crippen LogP contribution in [0.4, 0.5) is 26.3 Å². The first kappa shape index (κ1) is 20.0. The number of ether oxygens (including phenoxy) is 1. The zero-order chi connectivity index (χ0) is 17.3. The van der Waals surface area contributed by atoms with E-state index in [0.29, 0.717) is 13.3 Å². The van der Waals surface area contributed by atoms with Gasteiger partial charge in [0.2, 0.25) is 0 Å². The van der Waals surface area contributed by atoms with Crippen LogP contribution in [0.2, 0.25) is 0 Å². The van der Waals surface area contributed by atoms with Crippen LogP contribution in [0.3, 0.4) is 0 Å². The van der Waals surface area contributed by atoms with Crippen LogP contribution in [-0.2, 0) is 9.53 Å². The fraction of sp³-hybridized carbons (Fsp3) is 0.917. The molecule has 0 fully saturated rings. The number of esters is 1. The average Bonchev–Trinajstić information content (AvgIpc) is 2.31. The Morgan fingerprint density at radius 1 is 1.10 bits per heavy atom. The van der Waals surface area contributed by atoms with Crippen molar-refractivity contribution >= 4 is 5.97 Å². The highest BCUT2D eigenvalue weighted by atomic mass is 19.4. The molecule has 3 nitrogen and oxygen atoms in total. The minimum absolute atomic E-state index is 0.295. The summed E-state index contributed by atoms with van der Waals surface area (Å²) in [5.41, 5.74) is -5.97. The third kappa shape index (κ3) is 4.02. The third-order valence-corrected chi connectivity index (χ3v) is 3.48. The van der Waals surface area contributed by atoms with E-state index in [1.807, 2.05) is 0 Å². The van der Waals surface area contributed by atoms with Crippen LogP contribution in [0.1, 0.15) is 34.1 Å². The lowest BCUT2D eigenvalue weighted by Crippen LogP contribution is -2.62. The van der Waals surface area contributed by atoms with Crippen molar-refractivity contribution in [3.05, 3.63) is 0 Å². The summed E-state index contributed by atoms with van der Waals surface area (Å²) in [6, 6.07) is 0. The van der Waals surface area contributed by atoms with Crippen LogP contribution >= 0.6 is 0 Å². The maximum absolute atomic E-state index is 12.6. The SMILES string of the molecule is CCC(C)(C)C(=O)OCC(C)C(O)(C(F)(F)F)C(F)(F)F. The summed E-state index contributed by atoms with van der Waals surface area (Å²) < 4.78 is 79.9. The molecule has 0 aliphatic rings. The second-order valence-corrected chi connectivity index (χ2v) is 5.50. The van der Waals surface area contributed by atoms with E-state index in [4.69, 9.17) is 5.11 Å². The normalized spacial score (nSPS) is 15.8. The van der Waals surface area contributed by atoms with Crippen molar-refractivity contribution in [1.29, 1.82) is 0 Å². The minimum atomic E-state index is -5.93. The van der Waals surface area contributed by atoms with Crippen LogP contribution in [0.5, 0.6) is 0 Å². The quantitative estimate of drug-likeness (QED) is 0.622. The Morgan fingerprint density at radius 3 is 1.76 bits per heavy atom. The van der Waals surface area contributed by atoms with Gasteiger partial charge in [0, 0.05) is 5.92 Å². The Balaban J connectivity index is 5.14. The zero-order valence-electron chi connectivity index (χ0n) is 12.0. The van der Waals surface area contributed by atoms with Crippen molar-refractivity contribution in [2.24, 2.45) is 11.3 Å². The Bertz CT molecular complexity index is 358. The predicted octanol–water partition coefficient (Wildman–Crippen LogP) is 3.46. The van der Waals surface area contributed by atoms with Crippen molar-refractivity contribution in [3.8, 4) is 0 Å². The highest BCUT2D eigenvalue weighted by Gasteiger charge is 2.72. The van der Waals surface area contributed by atoms with E-state index in [1.54, 1.807) is 6.92 Å². The summed E-state index contributed by atoms with van der Waals surface area (Å²) in [4.78, 5) is 11.6. The van der Waals surface area contributed by atoms with Crippen LogP contribution in [-0.4, -0.2) is 35.6 Å². The Kier molecular flexibility index (Phi) is 5.73. The Hall–Kier alpha value is -0.990. The highest BCUT2D eigenvalue weighted by Crippen LogP contribution is 2.47. The van der Waals surface area contributed by atoms with E-state index in [1.165, 1.54) is 13.8 Å². The van der Waals surface area contributed by atoms with E-state index < -0.39 is 41.9 Å². The third-order valence-electron chi connectivity index (χ3n) is 3.48. The average molecular weight is 324 g/mol. The largest absolute Gasteiger partial charge is 0.465 e. The van der Waals surface area contributed by atoms with Gasteiger partial charge in [0.1, 0.15) is 0 Å². The molecule has 0 spiro atoms. The lowest BCUT2D eigenvalue weighted by atomic mass is 9.87. The lowest BCUT2D eigenvalue weighted by molar-refractivity contribution is -0.385. The summed E-state index contributed by atoms with van der Waals surface area (Å²) in [5, 5.41) is 9.08. The summed E-state index contributed by atoms with van der Waals surface area (Å²) in [5.74, 6) is -3.32. The Labute approximate surface area is 118 Å². The zero-order valence-corrected chi connectivity index (χ0v) is 12.0. The van der Waals surface area contributed by atoms with Gasteiger partial charge >= 0.3 is 18.3 Å². The van der Waals surface area contributed by atoms with Gasteiger partial charge in [0.05, 0.1) is 12.0 Å². The predicted molar refractivity (Wildman–Crippen MR) is 61.3 cm³/mol. The van der Waals surface area contributed by atoms with E-state index in [-0.39, 0.29) is 0 Å². The number of carbonyl (C=O) groups is 1. The number of hydrogen-bond donors (Lipinski definition) is 1. The first-order valence-electron chi connectivity index (χ1n) is 6.14. The van der Waals surface area contributed by atoms with Gasteiger partial charge in [0.25, 0.3) is 5.60 Å². The standard InChI is InChI=1S/C12H18F6O3/c1-5-9(3,4)8(19)21-6-7(2)10(20,11(13,14)15)12(16,17)18/h7,20H,5-6H2,1-4H3. The molecule has 1 N–H and O–H groups in total. The summed E-state index contributed by atoms with van der Waals surface area (Å²) >= 11 is 0. The molecule has 0 aromatic heterocycles. The molecule has 126 valence electrons. The van der Waals surface area contributed by atoms with Gasteiger partial charge < -0.3 is 9.84 Å². The van der Waals surface area contributed by atoms with Crippen LogP contribution in [0.25, 0.3) is 0 Å². The van der Waals surface area contributed by atoms with Crippen molar-refractivity contribution < 1.29 is 41.0 Å². The monoisotopic (exact) mass is 324 g/mol. The van der Waals surface area contributed by atoms with E-state index in [2.05, 4.69) is 4.74 Å². The number of carbonyl (C=O) groups excluding carboxylic acids is 1. The van der Waals surface area contributed by atoms with Crippen LogP contribution < -0.4 is 0 Å². The molecule has 0 aliphatic heterocycles. The minimum Gasteiger partial charge on any atom is -0.465 e. The molecule has 0 saturated heterocycles. The maximum atomic E-state index is 12.6. The molecule has 0 saturated carbocycles. The van der Waals surface area contributed by atoms with Gasteiger partial charge in [-0.1, -0.05) is 13.8 Å². The molecule has 21 heavy (non-hydrogen) atoms. The van der Waals surface area contributed by atoms with Crippen molar-refractivity contribution in [3.63, 3.8) is 0 Å². The molecule has 0 radical (unpaired) electrons. The smallest absolute Gasteiger partial charge is 0.426 e. The first-order valence-corrected chi connectivity index (χ1v) is 6.14. The Morgan fingerprint density at radius 2 is 1.48 bits per heavy atom. The molecule has 0 rings (SSSR count). The molecule has 0 amide bonds. The summed E-state index contributed by atoms with van der Waals surface area (Å²) in [6.45, 7) is 3.83. The number of rotatable bonds is 5. The van der Waals surface area contributed by atoms with Crippen LogP contribution in [0, 0.1) is 11.3 Å². The van der Waals surface area contributed by atoms with E-state index in [9.17, 15) is 31.1 Å². The van der Waals surface area contributed by atoms with Crippen LogP contribution in [0.15, 0.2) is 0 Å². The summed E-state index contributed by atoms with van der Waals surface area (Å²) in [6.07, 6.45) is -11.6. The van der Waals surface area contributed by atoms with E-state index in [0.717, 1.165) is 0 Å². The molecular formula is C12H18F6O3. The molecule has 0 bridgehead atoms. The molecular weight excluding hydrogens is 306 g/mol. The van der Waals surface area contributed by atoms with E-state index >= 15 is 0 Å². The van der Waals surface area contributed by atoms with Gasteiger partial charge in [-0.25, -0.2) is 0 Å². The molecule has 0 aromatic carbocycles. The number of aliphatic hydroxyl groups is 1. The molecule has 0 heterocycles. The second kappa shape index (κ2) is 6.02. The summed E-state index contributed by atoms with van der Waals surface area (Å²) in [7, 11) is 0. The molecule has 0 aliphatic carbocycles. The van der Waals surface area contributed by atoms with Gasteiger partial charge in [-0.05, 0) is 20.3 Å². The van der Waals surface area contributed by atoms with Gasteiger partial charge in [-0.3, -0.25) is 4.79 Å². The molecule has 1 unspecified atom stereocenters. The molecule has 1 atom stereocenters. The topological polar surface area (TPSA) is 46.5 Å². The lowest BCUT2D eigenvalue weighted by Gasteiger charge is -2.37. The van der Waals surface area contributed by atoms with Gasteiger partial charge in [0.15, 0.2) is 0 Å².